The van der Waals surface area contributed by atoms with Crippen LogP contribution in [-0.4, -0.2) is 32.3 Å². The lowest BCUT2D eigenvalue weighted by Crippen LogP contribution is -2.40. The summed E-state index contributed by atoms with van der Waals surface area (Å²) >= 11 is 0. The van der Waals surface area contributed by atoms with Crippen LogP contribution in [0, 0.1) is 0 Å². The van der Waals surface area contributed by atoms with Crippen molar-refractivity contribution in [3.8, 4) is 5.75 Å². The molecule has 0 radical (unpaired) electrons. The van der Waals surface area contributed by atoms with Crippen LogP contribution in [0.4, 0.5) is 0 Å². The van der Waals surface area contributed by atoms with Crippen molar-refractivity contribution in [1.29, 1.82) is 0 Å². The largest absolute Gasteiger partial charge is 0.497 e. The van der Waals surface area contributed by atoms with Crippen molar-refractivity contribution in [3.05, 3.63) is 29.8 Å². The SMILES string of the molecule is COc1ccc(CCCNCCNC(C)(C)C)cc1. The van der Waals surface area contributed by atoms with Crippen molar-refractivity contribution in [3.63, 3.8) is 0 Å². The highest BCUT2D eigenvalue weighted by atomic mass is 16.5. The van der Waals surface area contributed by atoms with Gasteiger partial charge in [-0.05, 0) is 57.9 Å². The second kappa shape index (κ2) is 8.18. The molecule has 0 saturated heterocycles. The van der Waals surface area contributed by atoms with Crippen LogP contribution in [0.5, 0.6) is 5.75 Å². The van der Waals surface area contributed by atoms with Crippen LogP contribution in [0.15, 0.2) is 24.3 Å². The maximum absolute atomic E-state index is 5.15. The molecule has 0 spiro atoms. The predicted octanol–water partition coefficient (Wildman–Crippen LogP) is 2.61. The molecule has 108 valence electrons. The highest BCUT2D eigenvalue weighted by Gasteiger charge is 2.06. The van der Waals surface area contributed by atoms with Gasteiger partial charge in [0.05, 0.1) is 7.11 Å². The van der Waals surface area contributed by atoms with E-state index in [1.807, 2.05) is 12.1 Å². The molecule has 3 nitrogen and oxygen atoms in total. The number of nitrogens with one attached hydrogen (secondary N) is 2. The molecule has 3 heteroatoms. The van der Waals surface area contributed by atoms with Gasteiger partial charge < -0.3 is 15.4 Å². The van der Waals surface area contributed by atoms with E-state index in [1.54, 1.807) is 7.11 Å². The Morgan fingerprint density at radius 1 is 1.00 bits per heavy atom. The van der Waals surface area contributed by atoms with Gasteiger partial charge in [0.1, 0.15) is 5.75 Å². The van der Waals surface area contributed by atoms with E-state index in [2.05, 4.69) is 43.5 Å². The third-order valence-electron chi connectivity index (χ3n) is 2.94. The lowest BCUT2D eigenvalue weighted by molar-refractivity contribution is 0.414. The van der Waals surface area contributed by atoms with E-state index < -0.39 is 0 Å². The fourth-order valence-electron chi connectivity index (χ4n) is 1.86. The molecule has 0 aromatic heterocycles. The van der Waals surface area contributed by atoms with E-state index >= 15 is 0 Å². The zero-order valence-corrected chi connectivity index (χ0v) is 12.8. The summed E-state index contributed by atoms with van der Waals surface area (Å²) in [5.41, 5.74) is 1.58. The Morgan fingerprint density at radius 3 is 2.26 bits per heavy atom. The van der Waals surface area contributed by atoms with E-state index in [9.17, 15) is 0 Å². The van der Waals surface area contributed by atoms with Gasteiger partial charge in [-0.2, -0.15) is 0 Å². The topological polar surface area (TPSA) is 33.3 Å². The molecule has 0 aliphatic rings. The Morgan fingerprint density at radius 2 is 1.68 bits per heavy atom. The number of rotatable bonds is 8. The molecule has 0 unspecified atom stereocenters. The lowest BCUT2D eigenvalue weighted by atomic mass is 10.1. The Bertz CT molecular complexity index is 341. The Hall–Kier alpha value is -1.06. The van der Waals surface area contributed by atoms with Crippen LogP contribution in [0.1, 0.15) is 32.8 Å². The summed E-state index contributed by atoms with van der Waals surface area (Å²) in [4.78, 5) is 0. The number of hydrogen-bond acceptors (Lipinski definition) is 3. The smallest absolute Gasteiger partial charge is 0.118 e. The van der Waals surface area contributed by atoms with Gasteiger partial charge in [0.2, 0.25) is 0 Å². The quantitative estimate of drug-likeness (QED) is 0.708. The molecule has 0 aliphatic heterocycles. The highest BCUT2D eigenvalue weighted by Crippen LogP contribution is 2.12. The maximum Gasteiger partial charge on any atom is 0.118 e. The monoisotopic (exact) mass is 264 g/mol. The molecule has 1 aromatic rings. The first kappa shape index (κ1) is 16.0. The zero-order chi connectivity index (χ0) is 14.1. The van der Waals surface area contributed by atoms with Gasteiger partial charge in [0, 0.05) is 18.6 Å². The Balaban J connectivity index is 2.04. The molecule has 0 fully saturated rings. The van der Waals surface area contributed by atoms with Gasteiger partial charge in [-0.25, -0.2) is 0 Å². The van der Waals surface area contributed by atoms with Crippen LogP contribution in [0.25, 0.3) is 0 Å². The molecular formula is C16H28N2O. The summed E-state index contributed by atoms with van der Waals surface area (Å²) in [7, 11) is 1.70. The molecule has 0 amide bonds. The molecule has 1 aromatic carbocycles. The summed E-state index contributed by atoms with van der Waals surface area (Å²) in [6, 6.07) is 8.33. The number of hydrogen-bond donors (Lipinski definition) is 2. The Kier molecular flexibility index (Phi) is 6.89. The Labute approximate surface area is 117 Å². The third kappa shape index (κ3) is 7.85. The predicted molar refractivity (Wildman–Crippen MR) is 81.9 cm³/mol. The summed E-state index contributed by atoms with van der Waals surface area (Å²) < 4.78 is 5.15. The minimum atomic E-state index is 0.213. The molecular weight excluding hydrogens is 236 g/mol. The normalized spacial score (nSPS) is 11.6. The molecule has 0 atom stereocenters. The fraction of sp³-hybridized carbons (Fsp3) is 0.625. The van der Waals surface area contributed by atoms with Crippen LogP contribution >= 0.6 is 0 Å². The lowest BCUT2D eigenvalue weighted by Gasteiger charge is -2.20. The number of benzene rings is 1. The highest BCUT2D eigenvalue weighted by molar-refractivity contribution is 5.27. The van der Waals surface area contributed by atoms with Gasteiger partial charge in [0.15, 0.2) is 0 Å². The number of aryl methyl sites for hydroxylation is 1. The third-order valence-corrected chi connectivity index (χ3v) is 2.94. The van der Waals surface area contributed by atoms with Crippen LogP contribution in [0.3, 0.4) is 0 Å². The first-order chi connectivity index (χ1) is 9.01. The summed E-state index contributed by atoms with van der Waals surface area (Å²) in [5.74, 6) is 0.926. The van der Waals surface area contributed by atoms with Crippen molar-refractivity contribution in [1.82, 2.24) is 10.6 Å². The molecule has 2 N–H and O–H groups in total. The van der Waals surface area contributed by atoms with Crippen LogP contribution in [-0.2, 0) is 6.42 Å². The summed E-state index contributed by atoms with van der Waals surface area (Å²) in [6.45, 7) is 9.69. The minimum absolute atomic E-state index is 0.213. The van der Waals surface area contributed by atoms with E-state index in [1.165, 1.54) is 12.0 Å². The van der Waals surface area contributed by atoms with Gasteiger partial charge >= 0.3 is 0 Å². The standard InChI is InChI=1S/C16H28N2O/c1-16(2,3)18-13-12-17-11-5-6-14-7-9-15(19-4)10-8-14/h7-10,17-18H,5-6,11-13H2,1-4H3. The van der Waals surface area contributed by atoms with E-state index in [-0.39, 0.29) is 5.54 Å². The fourth-order valence-corrected chi connectivity index (χ4v) is 1.86. The minimum Gasteiger partial charge on any atom is -0.497 e. The average molecular weight is 264 g/mol. The second-order valence-electron chi connectivity index (χ2n) is 5.88. The van der Waals surface area contributed by atoms with E-state index in [4.69, 9.17) is 4.74 Å². The molecule has 1 rings (SSSR count). The molecule has 0 bridgehead atoms. The summed E-state index contributed by atoms with van der Waals surface area (Å²) in [6.07, 6.45) is 2.28. The summed E-state index contributed by atoms with van der Waals surface area (Å²) in [5, 5.41) is 6.93. The van der Waals surface area contributed by atoms with Crippen molar-refractivity contribution in [2.75, 3.05) is 26.7 Å². The first-order valence-corrected chi connectivity index (χ1v) is 7.10. The zero-order valence-electron chi connectivity index (χ0n) is 12.8. The van der Waals surface area contributed by atoms with Crippen molar-refractivity contribution < 1.29 is 4.74 Å². The van der Waals surface area contributed by atoms with Crippen LogP contribution in [0.2, 0.25) is 0 Å². The maximum atomic E-state index is 5.15. The first-order valence-electron chi connectivity index (χ1n) is 7.10. The molecule has 0 aliphatic carbocycles. The van der Waals surface area contributed by atoms with Crippen molar-refractivity contribution in [2.45, 2.75) is 39.2 Å². The molecule has 0 saturated carbocycles. The van der Waals surface area contributed by atoms with E-state index in [0.29, 0.717) is 0 Å². The number of methoxy groups -OCH3 is 1. The van der Waals surface area contributed by atoms with Crippen molar-refractivity contribution >= 4 is 0 Å². The molecule has 19 heavy (non-hydrogen) atoms. The number of ether oxygens (including phenoxy) is 1. The van der Waals surface area contributed by atoms with Crippen LogP contribution < -0.4 is 15.4 Å². The van der Waals surface area contributed by atoms with Gasteiger partial charge in [-0.15, -0.1) is 0 Å². The van der Waals surface area contributed by atoms with E-state index in [0.717, 1.165) is 31.8 Å². The molecule has 0 heterocycles. The van der Waals surface area contributed by atoms with Crippen molar-refractivity contribution in [2.24, 2.45) is 0 Å². The van der Waals surface area contributed by atoms with Gasteiger partial charge in [0.25, 0.3) is 0 Å². The van der Waals surface area contributed by atoms with Gasteiger partial charge in [-0.3, -0.25) is 0 Å². The average Bonchev–Trinajstić information content (AvgIpc) is 2.37. The van der Waals surface area contributed by atoms with Gasteiger partial charge in [-0.1, -0.05) is 12.1 Å². The second-order valence-corrected chi connectivity index (χ2v) is 5.88.